The van der Waals surface area contributed by atoms with Crippen LogP contribution in [0.3, 0.4) is 0 Å². The van der Waals surface area contributed by atoms with Crippen LogP contribution in [0.5, 0.6) is 0 Å². The Morgan fingerprint density at radius 1 is 0.935 bits per heavy atom. The summed E-state index contributed by atoms with van der Waals surface area (Å²) in [6, 6.07) is 13.6. The number of hydrogen-bond acceptors (Lipinski definition) is 4. The van der Waals surface area contributed by atoms with E-state index in [9.17, 15) is 21.6 Å². The highest BCUT2D eigenvalue weighted by Gasteiger charge is 2.27. The average molecular weight is 571 g/mol. The summed E-state index contributed by atoms with van der Waals surface area (Å²) >= 11 is 0. The number of nitrogens with one attached hydrogen (secondary N) is 2. The monoisotopic (exact) mass is 571 g/mol. The highest BCUT2D eigenvalue weighted by Crippen LogP contribution is 2.16. The summed E-state index contributed by atoms with van der Waals surface area (Å²) < 4.78 is 63.9. The van der Waals surface area contributed by atoms with Crippen molar-refractivity contribution in [2.75, 3.05) is 19.9 Å². The quantitative estimate of drug-likeness (QED) is 0.288. The molecule has 0 aliphatic heterocycles. The van der Waals surface area contributed by atoms with Crippen LogP contribution in [0.2, 0.25) is 0 Å². The number of hydrogen-bond donors (Lipinski definition) is 2. The molecular formula is C20H25F3IN3O3S. The van der Waals surface area contributed by atoms with Gasteiger partial charge in [0.2, 0.25) is 0 Å². The van der Waals surface area contributed by atoms with Crippen molar-refractivity contribution in [3.8, 4) is 0 Å². The summed E-state index contributed by atoms with van der Waals surface area (Å²) in [5.41, 5.74) is 2.48. The van der Waals surface area contributed by atoms with Crippen molar-refractivity contribution in [1.82, 2.24) is 10.6 Å². The van der Waals surface area contributed by atoms with E-state index in [1.807, 2.05) is 0 Å². The van der Waals surface area contributed by atoms with E-state index >= 15 is 0 Å². The first-order valence-corrected chi connectivity index (χ1v) is 10.9. The molecule has 0 fully saturated rings. The molecule has 0 unspecified atom stereocenters. The summed E-state index contributed by atoms with van der Waals surface area (Å²) in [4.78, 5) is 4.39. The second-order valence-electron chi connectivity index (χ2n) is 6.62. The summed E-state index contributed by atoms with van der Waals surface area (Å²) in [6.07, 6.45) is -3.17. The number of nitrogens with zero attached hydrogens (tertiary/aromatic N) is 1. The molecule has 2 aromatic carbocycles. The van der Waals surface area contributed by atoms with E-state index < -0.39 is 22.6 Å². The number of sulfone groups is 1. The lowest BCUT2D eigenvalue weighted by molar-refractivity contribution is -0.176. The molecule has 0 atom stereocenters. The minimum atomic E-state index is -4.33. The van der Waals surface area contributed by atoms with Crippen molar-refractivity contribution in [3.63, 3.8) is 0 Å². The van der Waals surface area contributed by atoms with Gasteiger partial charge in [-0.15, -0.1) is 24.0 Å². The predicted octanol–water partition coefficient (Wildman–Crippen LogP) is 3.65. The fraction of sp³-hybridized carbons (Fsp3) is 0.350. The van der Waals surface area contributed by atoms with Crippen molar-refractivity contribution < 1.29 is 26.3 Å². The molecule has 172 valence electrons. The third kappa shape index (κ3) is 10.3. The molecule has 0 radical (unpaired) electrons. The topological polar surface area (TPSA) is 79.8 Å². The largest absolute Gasteiger partial charge is 0.411 e. The van der Waals surface area contributed by atoms with Crippen LogP contribution in [0.4, 0.5) is 13.2 Å². The maximum atomic E-state index is 12.1. The third-order valence-corrected chi connectivity index (χ3v) is 5.18. The summed E-state index contributed by atoms with van der Waals surface area (Å²) in [7, 11) is -1.60. The Labute approximate surface area is 197 Å². The number of guanidine groups is 1. The van der Waals surface area contributed by atoms with E-state index in [-0.39, 0.29) is 35.5 Å². The molecule has 0 saturated heterocycles. The zero-order valence-corrected chi connectivity index (χ0v) is 20.2. The van der Waals surface area contributed by atoms with Gasteiger partial charge >= 0.3 is 6.18 Å². The Balaban J connectivity index is 0.00000480. The lowest BCUT2D eigenvalue weighted by Gasteiger charge is -2.13. The first-order valence-electron chi connectivity index (χ1n) is 9.02. The molecule has 0 amide bonds. The van der Waals surface area contributed by atoms with Crippen molar-refractivity contribution in [1.29, 1.82) is 0 Å². The van der Waals surface area contributed by atoms with Gasteiger partial charge in [-0.05, 0) is 28.8 Å². The molecule has 0 aromatic heterocycles. The van der Waals surface area contributed by atoms with Crippen LogP contribution >= 0.6 is 24.0 Å². The van der Waals surface area contributed by atoms with Crippen LogP contribution in [0.1, 0.15) is 16.7 Å². The molecule has 0 saturated carbocycles. The Hall–Kier alpha value is -1.86. The number of benzene rings is 2. The van der Waals surface area contributed by atoms with Gasteiger partial charge < -0.3 is 15.4 Å². The molecule has 2 aromatic rings. The van der Waals surface area contributed by atoms with Crippen molar-refractivity contribution in [2.45, 2.75) is 30.8 Å². The van der Waals surface area contributed by atoms with E-state index in [0.29, 0.717) is 24.6 Å². The Kier molecular flexibility index (Phi) is 10.7. The molecule has 0 spiro atoms. The number of aliphatic imine (C=N–C) groups is 1. The first kappa shape index (κ1) is 27.2. The number of ether oxygens (including phenoxy) is 1. The van der Waals surface area contributed by atoms with Crippen LogP contribution in [0.15, 0.2) is 58.4 Å². The van der Waals surface area contributed by atoms with Crippen LogP contribution in [-0.2, 0) is 34.3 Å². The molecule has 2 rings (SSSR count). The number of alkyl halides is 3. The van der Waals surface area contributed by atoms with Crippen LogP contribution in [0.25, 0.3) is 0 Å². The number of halogens is 4. The summed E-state index contributed by atoms with van der Waals surface area (Å²) in [6.45, 7) is -0.445. The second kappa shape index (κ2) is 12.2. The van der Waals surface area contributed by atoms with Crippen molar-refractivity contribution in [2.24, 2.45) is 4.99 Å². The van der Waals surface area contributed by atoms with Gasteiger partial charge in [0.15, 0.2) is 15.8 Å². The fourth-order valence-corrected chi connectivity index (χ4v) is 3.12. The van der Waals surface area contributed by atoms with Crippen LogP contribution in [0, 0.1) is 0 Å². The maximum absolute atomic E-state index is 12.1. The minimum Gasteiger partial charge on any atom is -0.367 e. The minimum absolute atomic E-state index is 0. The van der Waals surface area contributed by atoms with E-state index in [0.717, 1.165) is 17.4 Å². The molecule has 0 aliphatic rings. The van der Waals surface area contributed by atoms with Crippen LogP contribution in [-0.4, -0.2) is 40.5 Å². The Morgan fingerprint density at radius 2 is 1.39 bits per heavy atom. The van der Waals surface area contributed by atoms with E-state index in [4.69, 9.17) is 0 Å². The lowest BCUT2D eigenvalue weighted by Crippen LogP contribution is -2.36. The smallest absolute Gasteiger partial charge is 0.367 e. The predicted molar refractivity (Wildman–Crippen MR) is 124 cm³/mol. The normalized spacial score (nSPS) is 12.2. The molecule has 0 aliphatic carbocycles. The molecule has 31 heavy (non-hydrogen) atoms. The molecule has 6 nitrogen and oxygen atoms in total. The zero-order chi connectivity index (χ0) is 22.2. The highest BCUT2D eigenvalue weighted by molar-refractivity contribution is 14.0. The first-order chi connectivity index (χ1) is 14.1. The lowest BCUT2D eigenvalue weighted by atomic mass is 10.1. The van der Waals surface area contributed by atoms with Gasteiger partial charge in [0, 0.05) is 26.4 Å². The Morgan fingerprint density at radius 3 is 1.81 bits per heavy atom. The van der Waals surface area contributed by atoms with E-state index in [1.165, 1.54) is 0 Å². The van der Waals surface area contributed by atoms with Gasteiger partial charge in [-0.3, -0.25) is 4.99 Å². The van der Waals surface area contributed by atoms with Gasteiger partial charge in [0.1, 0.15) is 6.61 Å². The van der Waals surface area contributed by atoms with Gasteiger partial charge in [0.05, 0.1) is 11.5 Å². The molecule has 0 bridgehead atoms. The standard InChI is InChI=1S/C20H24F3N3O3S.HI/c1-24-19(26-12-16-7-9-18(10-8-16)30(2,27)28)25-11-15-3-5-17(6-4-15)13-29-14-20(21,22)23;/h3-10H,11-14H2,1-2H3,(H2,24,25,26);1H. The van der Waals surface area contributed by atoms with Gasteiger partial charge in [0.25, 0.3) is 0 Å². The Bertz CT molecular complexity index is 948. The summed E-state index contributed by atoms with van der Waals surface area (Å²) in [5.74, 6) is 0.555. The van der Waals surface area contributed by atoms with Gasteiger partial charge in [-0.25, -0.2) is 8.42 Å². The van der Waals surface area contributed by atoms with E-state index in [1.54, 1.807) is 55.6 Å². The fourth-order valence-electron chi connectivity index (χ4n) is 2.48. The second-order valence-corrected chi connectivity index (χ2v) is 8.64. The maximum Gasteiger partial charge on any atom is 0.411 e. The highest BCUT2D eigenvalue weighted by atomic mass is 127. The van der Waals surface area contributed by atoms with Gasteiger partial charge in [-0.2, -0.15) is 13.2 Å². The number of rotatable bonds is 8. The molecule has 2 N–H and O–H groups in total. The average Bonchev–Trinajstić information content (AvgIpc) is 2.68. The molecule has 11 heteroatoms. The SMILES string of the molecule is CN=C(NCc1ccc(COCC(F)(F)F)cc1)NCc1ccc(S(C)(=O)=O)cc1.I. The molecular weight excluding hydrogens is 546 g/mol. The van der Waals surface area contributed by atoms with Gasteiger partial charge in [-0.1, -0.05) is 36.4 Å². The summed E-state index contributed by atoms with van der Waals surface area (Å²) in [5, 5.41) is 6.27. The zero-order valence-electron chi connectivity index (χ0n) is 17.1. The third-order valence-electron chi connectivity index (χ3n) is 4.05. The van der Waals surface area contributed by atoms with Crippen molar-refractivity contribution in [3.05, 3.63) is 65.2 Å². The molecule has 0 heterocycles. The van der Waals surface area contributed by atoms with Crippen molar-refractivity contribution >= 4 is 39.8 Å². The van der Waals surface area contributed by atoms with Crippen LogP contribution < -0.4 is 10.6 Å². The van der Waals surface area contributed by atoms with E-state index in [2.05, 4.69) is 20.4 Å².